The van der Waals surface area contributed by atoms with E-state index < -0.39 is 0 Å². The normalized spacial score (nSPS) is 15.0. The van der Waals surface area contributed by atoms with Crippen molar-refractivity contribution in [1.82, 2.24) is 9.47 Å². The molecule has 18 heavy (non-hydrogen) atoms. The molecule has 3 heteroatoms. The maximum Gasteiger partial charge on any atom is 0.227 e. The van der Waals surface area contributed by atoms with E-state index in [0.717, 1.165) is 18.4 Å². The van der Waals surface area contributed by atoms with Gasteiger partial charge in [0.1, 0.15) is 0 Å². The summed E-state index contributed by atoms with van der Waals surface area (Å²) in [5.41, 5.74) is 2.32. The molecule has 1 fully saturated rings. The lowest BCUT2D eigenvalue weighted by Gasteiger charge is -2.15. The van der Waals surface area contributed by atoms with Crippen molar-refractivity contribution in [2.75, 3.05) is 7.05 Å². The fourth-order valence-corrected chi connectivity index (χ4v) is 2.52. The minimum absolute atomic E-state index is 0.230. The zero-order valence-corrected chi connectivity index (χ0v) is 10.9. The molecule has 1 aliphatic carbocycles. The van der Waals surface area contributed by atoms with E-state index in [9.17, 15) is 4.79 Å². The van der Waals surface area contributed by atoms with Crippen molar-refractivity contribution in [3.63, 3.8) is 0 Å². The molecule has 1 amide bonds. The summed E-state index contributed by atoms with van der Waals surface area (Å²) in [4.78, 5) is 14.1. The Hall–Kier alpha value is -1.77. The lowest BCUT2D eigenvalue weighted by atomic mass is 10.1. The summed E-state index contributed by atoms with van der Waals surface area (Å²) in [7, 11) is 3.95. The molecule has 0 atom stereocenters. The quantitative estimate of drug-likeness (QED) is 0.811. The van der Waals surface area contributed by atoms with Gasteiger partial charge in [-0.05, 0) is 24.5 Å². The standard InChI is InChI=1S/C15H18N2O/c1-16-10-11(13-5-3-4-6-14(13)16)9-15(18)17(2)12-7-8-12/h3-6,10,12H,7-9H2,1-2H3. The second-order valence-corrected chi connectivity index (χ2v) is 5.19. The third-order valence-corrected chi connectivity index (χ3v) is 3.81. The molecule has 2 aromatic rings. The first kappa shape index (κ1) is 11.3. The van der Waals surface area contributed by atoms with Gasteiger partial charge in [0.15, 0.2) is 0 Å². The smallest absolute Gasteiger partial charge is 0.227 e. The highest BCUT2D eigenvalue weighted by molar-refractivity contribution is 5.89. The summed E-state index contributed by atoms with van der Waals surface area (Å²) in [5, 5.41) is 1.19. The maximum absolute atomic E-state index is 12.2. The number of likely N-dealkylation sites (N-methyl/N-ethyl adjacent to an activating group) is 1. The van der Waals surface area contributed by atoms with Gasteiger partial charge in [-0.25, -0.2) is 0 Å². The van der Waals surface area contributed by atoms with Crippen molar-refractivity contribution in [1.29, 1.82) is 0 Å². The van der Waals surface area contributed by atoms with Gasteiger partial charge in [-0.15, -0.1) is 0 Å². The summed E-state index contributed by atoms with van der Waals surface area (Å²) < 4.78 is 2.09. The van der Waals surface area contributed by atoms with E-state index in [1.54, 1.807) is 0 Å². The van der Waals surface area contributed by atoms with Crippen LogP contribution in [-0.4, -0.2) is 28.5 Å². The van der Waals surface area contributed by atoms with Gasteiger partial charge in [0.05, 0.1) is 6.42 Å². The Morgan fingerprint density at radius 2 is 2.11 bits per heavy atom. The van der Waals surface area contributed by atoms with Gasteiger partial charge in [-0.1, -0.05) is 18.2 Å². The predicted octanol–water partition coefficient (Wildman–Crippen LogP) is 2.34. The number of aromatic nitrogens is 1. The number of nitrogens with zero attached hydrogens (tertiary/aromatic N) is 2. The number of para-hydroxylation sites is 1. The number of hydrogen-bond acceptors (Lipinski definition) is 1. The zero-order chi connectivity index (χ0) is 12.7. The highest BCUT2D eigenvalue weighted by atomic mass is 16.2. The van der Waals surface area contributed by atoms with Crippen molar-refractivity contribution in [2.24, 2.45) is 7.05 Å². The Balaban J connectivity index is 1.88. The van der Waals surface area contributed by atoms with Crippen LogP contribution in [0.2, 0.25) is 0 Å². The molecule has 1 aliphatic rings. The number of carbonyl (C=O) groups excluding carboxylic acids is 1. The third-order valence-electron chi connectivity index (χ3n) is 3.81. The number of amides is 1. The number of benzene rings is 1. The van der Waals surface area contributed by atoms with Gasteiger partial charge >= 0.3 is 0 Å². The minimum atomic E-state index is 0.230. The zero-order valence-electron chi connectivity index (χ0n) is 10.9. The maximum atomic E-state index is 12.2. The number of carbonyl (C=O) groups is 1. The Morgan fingerprint density at radius 3 is 2.83 bits per heavy atom. The number of hydrogen-bond donors (Lipinski definition) is 0. The molecule has 3 rings (SSSR count). The molecule has 94 valence electrons. The van der Waals surface area contributed by atoms with Crippen LogP contribution >= 0.6 is 0 Å². The first-order valence-corrected chi connectivity index (χ1v) is 6.45. The number of rotatable bonds is 3. The van der Waals surface area contributed by atoms with Gasteiger partial charge in [-0.3, -0.25) is 4.79 Å². The molecule has 0 unspecified atom stereocenters. The Kier molecular flexibility index (Phi) is 2.62. The van der Waals surface area contributed by atoms with E-state index in [1.807, 2.05) is 31.1 Å². The second kappa shape index (κ2) is 4.16. The van der Waals surface area contributed by atoms with Crippen molar-refractivity contribution in [3.05, 3.63) is 36.0 Å². The van der Waals surface area contributed by atoms with Crippen molar-refractivity contribution in [2.45, 2.75) is 25.3 Å². The lowest BCUT2D eigenvalue weighted by molar-refractivity contribution is -0.129. The van der Waals surface area contributed by atoms with Gasteiger partial charge in [0.25, 0.3) is 0 Å². The van der Waals surface area contributed by atoms with Crippen LogP contribution in [0.3, 0.4) is 0 Å². The average Bonchev–Trinajstić information content (AvgIpc) is 3.17. The Labute approximate surface area is 107 Å². The van der Waals surface area contributed by atoms with E-state index in [2.05, 4.69) is 22.9 Å². The highest BCUT2D eigenvalue weighted by Crippen LogP contribution is 2.27. The first-order valence-electron chi connectivity index (χ1n) is 6.45. The summed E-state index contributed by atoms with van der Waals surface area (Å²) in [6, 6.07) is 8.74. The van der Waals surface area contributed by atoms with Gasteiger partial charge < -0.3 is 9.47 Å². The van der Waals surface area contributed by atoms with E-state index >= 15 is 0 Å². The first-order chi connectivity index (χ1) is 8.66. The average molecular weight is 242 g/mol. The van der Waals surface area contributed by atoms with Crippen LogP contribution in [0, 0.1) is 0 Å². The molecule has 0 radical (unpaired) electrons. The lowest BCUT2D eigenvalue weighted by Crippen LogP contribution is -2.30. The molecule has 0 saturated heterocycles. The van der Waals surface area contributed by atoms with E-state index in [1.165, 1.54) is 10.9 Å². The fourth-order valence-electron chi connectivity index (χ4n) is 2.52. The van der Waals surface area contributed by atoms with Crippen LogP contribution in [0.4, 0.5) is 0 Å². The molecular formula is C15H18N2O. The van der Waals surface area contributed by atoms with E-state index in [-0.39, 0.29) is 5.91 Å². The molecule has 0 spiro atoms. The second-order valence-electron chi connectivity index (χ2n) is 5.19. The van der Waals surface area contributed by atoms with Crippen LogP contribution < -0.4 is 0 Å². The molecule has 1 aromatic carbocycles. The molecule has 0 N–H and O–H groups in total. The SMILES string of the molecule is CN(C(=O)Cc1cn(C)c2ccccc12)C1CC1. The molecule has 1 aromatic heterocycles. The van der Waals surface area contributed by atoms with E-state index in [4.69, 9.17) is 0 Å². The van der Waals surface area contributed by atoms with Crippen molar-refractivity contribution in [3.8, 4) is 0 Å². The third kappa shape index (κ3) is 1.90. The predicted molar refractivity (Wildman–Crippen MR) is 72.4 cm³/mol. The van der Waals surface area contributed by atoms with Gasteiger partial charge in [0, 0.05) is 37.2 Å². The molecule has 0 aliphatic heterocycles. The van der Waals surface area contributed by atoms with Crippen LogP contribution in [0.5, 0.6) is 0 Å². The monoisotopic (exact) mass is 242 g/mol. The van der Waals surface area contributed by atoms with Crippen LogP contribution in [0.15, 0.2) is 30.5 Å². The molecule has 0 bridgehead atoms. The molecular weight excluding hydrogens is 224 g/mol. The topological polar surface area (TPSA) is 25.2 Å². The largest absolute Gasteiger partial charge is 0.350 e. The summed E-state index contributed by atoms with van der Waals surface area (Å²) in [6.45, 7) is 0. The van der Waals surface area contributed by atoms with Gasteiger partial charge in [-0.2, -0.15) is 0 Å². The van der Waals surface area contributed by atoms with E-state index in [0.29, 0.717) is 12.5 Å². The summed E-state index contributed by atoms with van der Waals surface area (Å²) in [5.74, 6) is 0.230. The van der Waals surface area contributed by atoms with Crippen LogP contribution in [0.1, 0.15) is 18.4 Å². The van der Waals surface area contributed by atoms with Crippen LogP contribution in [-0.2, 0) is 18.3 Å². The van der Waals surface area contributed by atoms with Crippen molar-refractivity contribution >= 4 is 16.8 Å². The Morgan fingerprint density at radius 1 is 1.39 bits per heavy atom. The van der Waals surface area contributed by atoms with Crippen molar-refractivity contribution < 1.29 is 4.79 Å². The number of aryl methyl sites for hydroxylation is 1. The summed E-state index contributed by atoms with van der Waals surface area (Å²) in [6.07, 6.45) is 4.91. The molecule has 1 saturated carbocycles. The van der Waals surface area contributed by atoms with Gasteiger partial charge in [0.2, 0.25) is 5.91 Å². The highest BCUT2D eigenvalue weighted by Gasteiger charge is 2.29. The number of fused-ring (bicyclic) bond motifs is 1. The Bertz CT molecular complexity index is 596. The fraction of sp³-hybridized carbons (Fsp3) is 0.400. The molecule has 1 heterocycles. The van der Waals surface area contributed by atoms with Crippen LogP contribution in [0.25, 0.3) is 10.9 Å². The summed E-state index contributed by atoms with van der Waals surface area (Å²) >= 11 is 0. The minimum Gasteiger partial charge on any atom is -0.350 e. The molecule has 3 nitrogen and oxygen atoms in total.